The highest BCUT2D eigenvalue weighted by molar-refractivity contribution is 5.82. The van der Waals surface area contributed by atoms with E-state index in [1.54, 1.807) is 14.2 Å². The Morgan fingerprint density at radius 2 is 2.03 bits per heavy atom. The second kappa shape index (κ2) is 14.8. The van der Waals surface area contributed by atoms with Gasteiger partial charge in [0, 0.05) is 46.0 Å². The van der Waals surface area contributed by atoms with Crippen LogP contribution >= 0.6 is 0 Å². The Bertz CT molecular complexity index is 774. The number of anilines is 1. The number of rotatable bonds is 15. The van der Waals surface area contributed by atoms with Gasteiger partial charge >= 0.3 is 12.0 Å². The van der Waals surface area contributed by atoms with E-state index in [0.717, 1.165) is 63.3 Å². The number of hydrogen-bond acceptors (Lipinski definition) is 6. The minimum atomic E-state index is -1.01. The number of hydrogen-bond donors (Lipinski definition) is 3. The number of nitrogens with one attached hydrogen (secondary N) is 2. The maximum atomic E-state index is 12.4. The van der Waals surface area contributed by atoms with Crippen molar-refractivity contribution in [2.24, 2.45) is 5.92 Å². The molecule has 1 aliphatic heterocycles. The molecule has 3 N–H and O–H groups in total. The molecular weight excluding hydrogens is 434 g/mol. The molecule has 0 aromatic carbocycles. The lowest BCUT2D eigenvalue weighted by Gasteiger charge is -2.26. The molecule has 9 heteroatoms. The Labute approximate surface area is 204 Å². The maximum Gasteiger partial charge on any atom is 0.326 e. The van der Waals surface area contributed by atoms with Crippen LogP contribution in [0, 0.1) is 5.92 Å². The fourth-order valence-corrected chi connectivity index (χ4v) is 4.16. The molecule has 1 aromatic rings. The highest BCUT2D eigenvalue weighted by atomic mass is 16.5. The molecule has 1 aliphatic rings. The monoisotopic (exact) mass is 477 g/mol. The number of carboxylic acids is 1. The van der Waals surface area contributed by atoms with Crippen molar-refractivity contribution in [1.82, 2.24) is 20.1 Å². The van der Waals surface area contributed by atoms with Gasteiger partial charge in [-0.1, -0.05) is 19.9 Å². The van der Waals surface area contributed by atoms with Crippen LogP contribution in [0.3, 0.4) is 0 Å². The Hall–Kier alpha value is -2.39. The third-order valence-electron chi connectivity index (χ3n) is 6.04. The zero-order chi connectivity index (χ0) is 24.9. The van der Waals surface area contributed by atoms with Crippen LogP contribution in [0.15, 0.2) is 12.1 Å². The first-order valence-corrected chi connectivity index (χ1v) is 12.5. The molecule has 2 amide bonds. The summed E-state index contributed by atoms with van der Waals surface area (Å²) in [5, 5.41) is 15.7. The zero-order valence-electron chi connectivity index (χ0n) is 21.3. The molecule has 192 valence electrons. The summed E-state index contributed by atoms with van der Waals surface area (Å²) < 4.78 is 5.24. The smallest absolute Gasteiger partial charge is 0.326 e. The van der Waals surface area contributed by atoms with Crippen LogP contribution in [0.2, 0.25) is 0 Å². The number of fused-ring (bicyclic) bond motifs is 1. The number of aliphatic carboxylic acids is 1. The number of urea groups is 1. The van der Waals surface area contributed by atoms with Crippen molar-refractivity contribution in [1.29, 1.82) is 0 Å². The van der Waals surface area contributed by atoms with Gasteiger partial charge in [-0.25, -0.2) is 14.6 Å². The summed E-state index contributed by atoms with van der Waals surface area (Å²) in [7, 11) is 3.35. The van der Waals surface area contributed by atoms with Crippen LogP contribution in [-0.4, -0.2) is 91.4 Å². The number of carbonyl (C=O) groups is 2. The number of aryl methyl sites for hydroxylation is 2. The van der Waals surface area contributed by atoms with Crippen molar-refractivity contribution >= 4 is 17.8 Å². The molecule has 2 rings (SSSR count). The predicted octanol–water partition coefficient (Wildman–Crippen LogP) is 2.85. The molecule has 1 aromatic heterocycles. The topological polar surface area (TPSA) is 107 Å². The first-order valence-electron chi connectivity index (χ1n) is 12.5. The van der Waals surface area contributed by atoms with Gasteiger partial charge in [0.2, 0.25) is 0 Å². The van der Waals surface area contributed by atoms with Crippen molar-refractivity contribution in [3.63, 3.8) is 0 Å². The van der Waals surface area contributed by atoms with E-state index in [4.69, 9.17) is 9.72 Å². The minimum absolute atomic E-state index is 0.316. The summed E-state index contributed by atoms with van der Waals surface area (Å²) in [6.07, 6.45) is 5.51. The Morgan fingerprint density at radius 1 is 1.24 bits per heavy atom. The van der Waals surface area contributed by atoms with Gasteiger partial charge < -0.3 is 30.3 Å². The third-order valence-corrected chi connectivity index (χ3v) is 6.04. The lowest BCUT2D eigenvalue weighted by molar-refractivity contribution is -0.139. The van der Waals surface area contributed by atoms with Gasteiger partial charge in [-0.15, -0.1) is 0 Å². The Balaban J connectivity index is 1.80. The van der Waals surface area contributed by atoms with E-state index in [0.29, 0.717) is 32.0 Å². The van der Waals surface area contributed by atoms with Crippen molar-refractivity contribution < 1.29 is 19.4 Å². The molecule has 34 heavy (non-hydrogen) atoms. The molecule has 0 aliphatic carbocycles. The van der Waals surface area contributed by atoms with E-state index < -0.39 is 12.0 Å². The average molecular weight is 478 g/mol. The van der Waals surface area contributed by atoms with Gasteiger partial charge in [0.15, 0.2) is 0 Å². The Kier molecular flexibility index (Phi) is 12.1. The normalized spacial score (nSPS) is 13.9. The molecule has 0 saturated heterocycles. The number of carboxylic acid groups (broad SMARTS) is 1. The van der Waals surface area contributed by atoms with Crippen LogP contribution in [0.4, 0.5) is 10.6 Å². The number of nitrogens with zero attached hydrogens (tertiary/aromatic N) is 3. The molecule has 0 radical (unpaired) electrons. The third kappa shape index (κ3) is 9.85. The summed E-state index contributed by atoms with van der Waals surface area (Å²) in [6.45, 7) is 8.34. The second-order valence-corrected chi connectivity index (χ2v) is 9.54. The summed E-state index contributed by atoms with van der Waals surface area (Å²) >= 11 is 0. The molecule has 1 atom stereocenters. The van der Waals surface area contributed by atoms with E-state index in [1.807, 2.05) is 13.8 Å². The lowest BCUT2D eigenvalue weighted by Crippen LogP contribution is -2.48. The number of methoxy groups -OCH3 is 1. The van der Waals surface area contributed by atoms with Crippen molar-refractivity contribution in [3.05, 3.63) is 23.4 Å². The van der Waals surface area contributed by atoms with Gasteiger partial charge in [-0.2, -0.15) is 0 Å². The first-order chi connectivity index (χ1) is 16.3. The van der Waals surface area contributed by atoms with E-state index in [1.165, 1.54) is 10.5 Å². The van der Waals surface area contributed by atoms with Crippen molar-refractivity contribution in [2.45, 2.75) is 58.4 Å². The number of unbranched alkanes of at least 4 members (excludes halogenated alkanes) is 1. The van der Waals surface area contributed by atoms with Gasteiger partial charge in [-0.05, 0) is 62.6 Å². The summed E-state index contributed by atoms with van der Waals surface area (Å²) in [6, 6.07) is 3.05. The maximum absolute atomic E-state index is 12.4. The summed E-state index contributed by atoms with van der Waals surface area (Å²) in [5.74, 6) is 0.340. The minimum Gasteiger partial charge on any atom is -0.480 e. The number of aromatic nitrogens is 1. The van der Waals surface area contributed by atoms with Crippen molar-refractivity contribution in [2.75, 3.05) is 58.8 Å². The highest BCUT2D eigenvalue weighted by Crippen LogP contribution is 2.20. The summed E-state index contributed by atoms with van der Waals surface area (Å²) in [5.41, 5.74) is 2.41. The molecule has 0 fully saturated rings. The Morgan fingerprint density at radius 3 is 2.74 bits per heavy atom. The van der Waals surface area contributed by atoms with E-state index in [9.17, 15) is 14.7 Å². The molecule has 9 nitrogen and oxygen atoms in total. The molecule has 0 bridgehead atoms. The van der Waals surface area contributed by atoms with Crippen molar-refractivity contribution in [3.8, 4) is 0 Å². The van der Waals surface area contributed by atoms with E-state index in [2.05, 4.69) is 27.7 Å². The molecule has 0 saturated carbocycles. The standard InChI is InChI=1S/C25H43N5O4/c1-19(2)18-29(3)25(33)28-22(24(31)32)12-15-30(16-17-34-4)14-6-5-9-21-11-10-20-8-7-13-26-23(20)27-21/h10-11,19,22H,5-9,12-18H2,1-4H3,(H,26,27)(H,28,33)(H,31,32). The summed E-state index contributed by atoms with van der Waals surface area (Å²) in [4.78, 5) is 32.6. The van der Waals surface area contributed by atoms with E-state index >= 15 is 0 Å². The van der Waals surface area contributed by atoms with Gasteiger partial charge in [0.1, 0.15) is 11.9 Å². The second-order valence-electron chi connectivity index (χ2n) is 9.54. The zero-order valence-corrected chi connectivity index (χ0v) is 21.3. The quantitative estimate of drug-likeness (QED) is 0.334. The van der Waals surface area contributed by atoms with Crippen LogP contribution in [0.5, 0.6) is 0 Å². The molecular formula is C25H43N5O4. The van der Waals surface area contributed by atoms with Crippen LogP contribution < -0.4 is 10.6 Å². The lowest BCUT2D eigenvalue weighted by atomic mass is 10.1. The predicted molar refractivity (Wildman–Crippen MR) is 134 cm³/mol. The van der Waals surface area contributed by atoms with Gasteiger partial charge in [-0.3, -0.25) is 0 Å². The molecule has 1 unspecified atom stereocenters. The largest absolute Gasteiger partial charge is 0.480 e. The van der Waals surface area contributed by atoms with Gasteiger partial charge in [0.25, 0.3) is 0 Å². The number of ether oxygens (including phenoxy) is 1. The number of pyridine rings is 1. The fraction of sp³-hybridized carbons (Fsp3) is 0.720. The van der Waals surface area contributed by atoms with Crippen LogP contribution in [-0.2, 0) is 22.4 Å². The molecule has 2 heterocycles. The number of amides is 2. The average Bonchev–Trinajstić information content (AvgIpc) is 2.81. The highest BCUT2D eigenvalue weighted by Gasteiger charge is 2.23. The first kappa shape index (κ1) is 27.9. The van der Waals surface area contributed by atoms with Crippen LogP contribution in [0.1, 0.15) is 50.8 Å². The van der Waals surface area contributed by atoms with Gasteiger partial charge in [0.05, 0.1) is 6.61 Å². The fourth-order valence-electron chi connectivity index (χ4n) is 4.16. The van der Waals surface area contributed by atoms with Crippen LogP contribution in [0.25, 0.3) is 0 Å². The van der Waals surface area contributed by atoms with E-state index in [-0.39, 0.29) is 6.03 Å². The molecule has 0 spiro atoms. The number of carbonyl (C=O) groups excluding carboxylic acids is 1. The SMILES string of the molecule is COCCN(CCCCc1ccc2c(n1)NCCC2)CCC(NC(=O)N(C)CC(C)C)C(=O)O.